The molecule has 9 nitrogen and oxygen atoms in total. The number of rotatable bonds is 6. The predicted molar refractivity (Wildman–Crippen MR) is 136 cm³/mol. The lowest BCUT2D eigenvalue weighted by atomic mass is 10.0. The van der Waals surface area contributed by atoms with E-state index in [1.54, 1.807) is 49.7 Å². The number of benzene rings is 2. The van der Waals surface area contributed by atoms with Crippen LogP contribution in [0.15, 0.2) is 60.8 Å². The largest absolute Gasteiger partial charge is 0.497 e. The van der Waals surface area contributed by atoms with E-state index in [9.17, 15) is 4.79 Å². The van der Waals surface area contributed by atoms with Gasteiger partial charge in [-0.05, 0) is 68.8 Å². The van der Waals surface area contributed by atoms with E-state index in [1.807, 2.05) is 45.2 Å². The van der Waals surface area contributed by atoms with Gasteiger partial charge in [0.1, 0.15) is 5.75 Å². The van der Waals surface area contributed by atoms with Crippen LogP contribution in [0.2, 0.25) is 0 Å². The van der Waals surface area contributed by atoms with Crippen molar-refractivity contribution in [1.29, 1.82) is 0 Å². The number of carbonyl (C=O) groups excluding carboxylic acids is 1. The number of nitrogens with zero attached hydrogens (tertiary/aromatic N) is 2. The fraction of sp³-hybridized carbons (Fsp3) is 0.200. The van der Waals surface area contributed by atoms with E-state index >= 15 is 0 Å². The molecular formula is C25H30N7O2+. The molecule has 1 aromatic heterocycles. The fourth-order valence-corrected chi connectivity index (χ4v) is 3.00. The van der Waals surface area contributed by atoms with Crippen LogP contribution in [-0.4, -0.2) is 34.9 Å². The lowest BCUT2D eigenvalue weighted by molar-refractivity contribution is -0.533. The van der Waals surface area contributed by atoms with Crippen molar-refractivity contribution in [1.82, 2.24) is 9.97 Å². The van der Waals surface area contributed by atoms with Gasteiger partial charge in [0.15, 0.2) is 11.8 Å². The molecule has 0 aliphatic heterocycles. The average Bonchev–Trinajstić information content (AvgIpc) is 2.79. The molecule has 1 heterocycles. The van der Waals surface area contributed by atoms with Crippen molar-refractivity contribution in [3.05, 3.63) is 72.1 Å². The molecule has 3 aromatic rings. The Labute approximate surface area is 199 Å². The number of methoxy groups -OCH3 is 1. The second kappa shape index (κ2) is 10.5. The molecule has 0 fully saturated rings. The molecule has 9 heteroatoms. The number of hydrogen-bond donors (Lipinski definition) is 5. The minimum atomic E-state index is -0.374. The van der Waals surface area contributed by atoms with E-state index in [1.165, 1.54) is 0 Å². The lowest BCUT2D eigenvalue weighted by Gasteiger charge is -2.12. The van der Waals surface area contributed by atoms with Gasteiger partial charge in [-0.15, -0.1) is 0 Å². The van der Waals surface area contributed by atoms with Gasteiger partial charge in [0.25, 0.3) is 0 Å². The van der Waals surface area contributed by atoms with E-state index in [2.05, 4.69) is 25.6 Å². The molecule has 0 bridgehead atoms. The van der Waals surface area contributed by atoms with Gasteiger partial charge in [-0.2, -0.15) is 0 Å². The number of carbonyl (C=O) groups is 1. The summed E-state index contributed by atoms with van der Waals surface area (Å²) in [4.78, 5) is 24.0. The number of allylic oxidation sites excluding steroid dienone is 1. The summed E-state index contributed by atoms with van der Waals surface area (Å²) < 4.78 is 5.14. The minimum absolute atomic E-state index is 0.134. The van der Waals surface area contributed by atoms with Crippen LogP contribution in [0, 0.1) is 0 Å². The van der Waals surface area contributed by atoms with Gasteiger partial charge in [-0.1, -0.05) is 12.1 Å². The number of amides is 2. The van der Waals surface area contributed by atoms with Crippen molar-refractivity contribution in [3.63, 3.8) is 0 Å². The van der Waals surface area contributed by atoms with Gasteiger partial charge in [0, 0.05) is 17.6 Å². The third-order valence-corrected chi connectivity index (χ3v) is 4.67. The van der Waals surface area contributed by atoms with Gasteiger partial charge < -0.3 is 26.8 Å². The maximum absolute atomic E-state index is 12.5. The number of aromatic nitrogens is 2. The molecule has 3 rings (SSSR count). The second-order valence-corrected chi connectivity index (χ2v) is 8.55. The van der Waals surface area contributed by atoms with Gasteiger partial charge in [0.05, 0.1) is 24.1 Å². The van der Waals surface area contributed by atoms with Crippen LogP contribution < -0.4 is 31.8 Å². The van der Waals surface area contributed by atoms with Crippen molar-refractivity contribution in [2.24, 2.45) is 5.73 Å². The molecule has 0 aliphatic rings. The molecule has 176 valence electrons. The second-order valence-electron chi connectivity index (χ2n) is 8.55. The molecule has 0 unspecified atom stereocenters. The van der Waals surface area contributed by atoms with E-state index in [0.717, 1.165) is 5.56 Å². The molecule has 0 saturated carbocycles. The monoisotopic (exact) mass is 460 g/mol. The number of nitrogen functional groups attached to an aromatic ring is 1. The molecule has 0 spiro atoms. The molecule has 0 atom stereocenters. The Kier molecular flexibility index (Phi) is 7.47. The zero-order valence-corrected chi connectivity index (χ0v) is 19.7. The summed E-state index contributed by atoms with van der Waals surface area (Å²) in [5, 5.41) is 5.65. The van der Waals surface area contributed by atoms with Gasteiger partial charge in [0.2, 0.25) is 5.95 Å². The van der Waals surface area contributed by atoms with Gasteiger partial charge in [-0.25, -0.2) is 19.8 Å². The van der Waals surface area contributed by atoms with Gasteiger partial charge >= 0.3 is 6.03 Å². The van der Waals surface area contributed by atoms with Gasteiger partial charge in [-0.3, -0.25) is 0 Å². The van der Waals surface area contributed by atoms with Crippen LogP contribution in [0.3, 0.4) is 0 Å². The highest BCUT2D eigenvalue weighted by molar-refractivity contribution is 6.17. The van der Waals surface area contributed by atoms with Crippen LogP contribution >= 0.6 is 0 Å². The number of urea groups is 1. The number of hydrogen-bond acceptors (Lipinski definition) is 6. The summed E-state index contributed by atoms with van der Waals surface area (Å²) in [6, 6.07) is 15.8. The SMILES string of the molecule is COc1ccc(NC(=O)Nc2cccc(C(C=[NH+]C(C)(C)C)=C(N)c3ccnc(N)n3)c2)cc1. The van der Waals surface area contributed by atoms with Crippen molar-refractivity contribution >= 4 is 40.8 Å². The standard InChI is InChI=1S/C25H29N7O2/c1-25(2,3)29-15-20(22(26)21-12-13-28-23(27)32-21)16-6-5-7-18(14-16)31-24(33)30-17-8-10-19(34-4)11-9-17/h5-15H,26H2,1-4H3,(H2,27,28,32)(H2,30,31,33)/p+1. The topological polar surface area (TPSA) is 142 Å². The first-order valence-corrected chi connectivity index (χ1v) is 10.7. The van der Waals surface area contributed by atoms with Crippen molar-refractivity contribution in [3.8, 4) is 5.75 Å². The van der Waals surface area contributed by atoms with E-state index in [-0.39, 0.29) is 17.5 Å². The molecule has 0 aliphatic carbocycles. The van der Waals surface area contributed by atoms with E-state index in [0.29, 0.717) is 34.1 Å². The highest BCUT2D eigenvalue weighted by atomic mass is 16.5. The number of anilines is 3. The van der Waals surface area contributed by atoms with Crippen LogP contribution in [-0.2, 0) is 0 Å². The molecular weight excluding hydrogens is 430 g/mol. The summed E-state index contributed by atoms with van der Waals surface area (Å²) in [5.41, 5.74) is 15.7. The Morgan fingerprint density at radius 2 is 1.76 bits per heavy atom. The van der Waals surface area contributed by atoms with Crippen LogP contribution in [0.4, 0.5) is 22.1 Å². The third-order valence-electron chi connectivity index (χ3n) is 4.67. The molecule has 2 aromatic carbocycles. The average molecular weight is 461 g/mol. The lowest BCUT2D eigenvalue weighted by Crippen LogP contribution is -2.81. The first-order chi connectivity index (χ1) is 16.1. The Balaban J connectivity index is 1.89. The van der Waals surface area contributed by atoms with Crippen LogP contribution in [0.25, 0.3) is 11.3 Å². The summed E-state index contributed by atoms with van der Waals surface area (Å²) >= 11 is 0. The molecule has 34 heavy (non-hydrogen) atoms. The normalized spacial score (nSPS) is 12.2. The van der Waals surface area contributed by atoms with Crippen molar-refractivity contribution in [2.75, 3.05) is 23.5 Å². The molecule has 7 N–H and O–H groups in total. The summed E-state index contributed by atoms with van der Waals surface area (Å²) in [6.07, 6.45) is 3.39. The predicted octanol–water partition coefficient (Wildman–Crippen LogP) is 2.49. The fourth-order valence-electron chi connectivity index (χ4n) is 3.00. The Bertz CT molecular complexity index is 1210. The Morgan fingerprint density at radius 3 is 2.41 bits per heavy atom. The smallest absolute Gasteiger partial charge is 0.323 e. The maximum atomic E-state index is 12.5. The minimum Gasteiger partial charge on any atom is -0.497 e. The first kappa shape index (κ1) is 24.2. The highest BCUT2D eigenvalue weighted by Crippen LogP contribution is 2.23. The van der Waals surface area contributed by atoms with Crippen LogP contribution in [0.5, 0.6) is 5.75 Å². The summed E-state index contributed by atoms with van der Waals surface area (Å²) in [7, 11) is 1.59. The molecule has 0 radical (unpaired) electrons. The quantitative estimate of drug-likeness (QED) is 0.358. The van der Waals surface area contributed by atoms with E-state index < -0.39 is 0 Å². The van der Waals surface area contributed by atoms with E-state index in [4.69, 9.17) is 16.2 Å². The van der Waals surface area contributed by atoms with Crippen molar-refractivity contribution in [2.45, 2.75) is 26.3 Å². The molecule has 0 saturated heterocycles. The van der Waals surface area contributed by atoms with Crippen molar-refractivity contribution < 1.29 is 14.5 Å². The number of nitrogens with two attached hydrogens (primary N) is 2. The van der Waals surface area contributed by atoms with Crippen LogP contribution in [0.1, 0.15) is 32.0 Å². The highest BCUT2D eigenvalue weighted by Gasteiger charge is 2.17. The summed E-state index contributed by atoms with van der Waals surface area (Å²) in [6.45, 7) is 6.13. The first-order valence-electron chi connectivity index (χ1n) is 10.7. The maximum Gasteiger partial charge on any atom is 0.323 e. The Hall–Kier alpha value is -4.40. The molecule has 2 amide bonds. The number of nitrogens with one attached hydrogen (secondary N) is 3. The Morgan fingerprint density at radius 1 is 1.06 bits per heavy atom. The number of ether oxygens (including phenoxy) is 1. The zero-order valence-electron chi connectivity index (χ0n) is 19.7. The zero-order chi connectivity index (χ0) is 24.7. The summed E-state index contributed by atoms with van der Waals surface area (Å²) in [5.74, 6) is 0.843. The third kappa shape index (κ3) is 6.80.